The molecule has 2 aromatic carbocycles. The Labute approximate surface area is 150 Å². The molecule has 0 heterocycles. The largest absolute Gasteiger partial charge is 0.0988 e. The lowest BCUT2D eigenvalue weighted by Crippen LogP contribution is -2.28. The Morgan fingerprint density at radius 2 is 1.48 bits per heavy atom. The van der Waals surface area contributed by atoms with Crippen LogP contribution >= 0.6 is 0 Å². The topological polar surface area (TPSA) is 0 Å². The molecule has 0 saturated carbocycles. The summed E-state index contributed by atoms with van der Waals surface area (Å²) in [6, 6.07) is 17.7. The highest BCUT2D eigenvalue weighted by Crippen LogP contribution is 2.63. The van der Waals surface area contributed by atoms with Gasteiger partial charge in [0.1, 0.15) is 0 Å². The molecular weight excluding hydrogens is 300 g/mol. The highest BCUT2D eigenvalue weighted by molar-refractivity contribution is 5.88. The van der Waals surface area contributed by atoms with Crippen molar-refractivity contribution >= 4 is 0 Å². The van der Waals surface area contributed by atoms with E-state index in [1.165, 1.54) is 39.0 Å². The fourth-order valence-corrected chi connectivity index (χ4v) is 5.21. The zero-order valence-electron chi connectivity index (χ0n) is 15.0. The van der Waals surface area contributed by atoms with Crippen LogP contribution in [0.15, 0.2) is 96.6 Å². The first-order valence-corrected chi connectivity index (χ1v) is 9.11. The molecule has 0 bridgehead atoms. The van der Waals surface area contributed by atoms with E-state index in [0.717, 1.165) is 6.42 Å². The van der Waals surface area contributed by atoms with Crippen molar-refractivity contribution in [2.24, 2.45) is 5.92 Å². The second-order valence-electron chi connectivity index (χ2n) is 6.82. The summed E-state index contributed by atoms with van der Waals surface area (Å²) in [4.78, 5) is 0. The molecule has 2 aromatic rings. The van der Waals surface area contributed by atoms with Crippen molar-refractivity contribution < 1.29 is 0 Å². The summed E-state index contributed by atoms with van der Waals surface area (Å²) in [6.07, 6.45) is 7.51. The smallest absolute Gasteiger partial charge is 0.0681 e. The minimum Gasteiger partial charge on any atom is -0.0988 e. The Balaban J connectivity index is 2.21. The maximum Gasteiger partial charge on any atom is 0.0681 e. The lowest BCUT2D eigenvalue weighted by Gasteiger charge is -2.33. The molecule has 25 heavy (non-hydrogen) atoms. The Bertz CT molecular complexity index is 891. The summed E-state index contributed by atoms with van der Waals surface area (Å²) in [6.45, 7) is 12.8. The Morgan fingerprint density at radius 3 is 1.92 bits per heavy atom. The Morgan fingerprint density at radius 1 is 0.920 bits per heavy atom. The van der Waals surface area contributed by atoms with Crippen LogP contribution in [0.4, 0.5) is 0 Å². The van der Waals surface area contributed by atoms with E-state index < -0.39 is 0 Å². The van der Waals surface area contributed by atoms with Crippen molar-refractivity contribution in [2.45, 2.75) is 25.7 Å². The summed E-state index contributed by atoms with van der Waals surface area (Å²) in [5.74, 6) is 0.398. The van der Waals surface area contributed by atoms with Crippen molar-refractivity contribution in [3.05, 3.63) is 108 Å². The van der Waals surface area contributed by atoms with Gasteiger partial charge in [-0.05, 0) is 52.3 Å². The molecule has 1 atom stereocenters. The second kappa shape index (κ2) is 5.74. The molecular formula is C25H24. The van der Waals surface area contributed by atoms with Crippen LogP contribution in [-0.2, 0) is 5.41 Å². The van der Waals surface area contributed by atoms with E-state index in [2.05, 4.69) is 87.7 Å². The number of benzene rings is 2. The van der Waals surface area contributed by atoms with Gasteiger partial charge in [0.25, 0.3) is 0 Å². The van der Waals surface area contributed by atoms with E-state index in [4.69, 9.17) is 0 Å². The van der Waals surface area contributed by atoms with Crippen LogP contribution in [-0.4, -0.2) is 0 Å². The van der Waals surface area contributed by atoms with E-state index in [1.807, 2.05) is 6.08 Å². The maximum atomic E-state index is 4.21. The first-order chi connectivity index (χ1) is 12.2. The molecule has 0 fully saturated rings. The molecule has 0 N–H and O–H groups in total. The first-order valence-electron chi connectivity index (χ1n) is 9.11. The quantitative estimate of drug-likeness (QED) is 0.557. The van der Waals surface area contributed by atoms with Crippen LogP contribution in [0.3, 0.4) is 0 Å². The van der Waals surface area contributed by atoms with Gasteiger partial charge in [0.2, 0.25) is 0 Å². The molecule has 0 aliphatic heterocycles. The van der Waals surface area contributed by atoms with Gasteiger partial charge in [0.15, 0.2) is 0 Å². The molecule has 0 nitrogen and oxygen atoms in total. The number of hydrogen-bond donors (Lipinski definition) is 0. The lowest BCUT2D eigenvalue weighted by atomic mass is 9.68. The standard InChI is InChI=1S/C25H24/c1-5-17-18(6-2)22(8-4)25(21(17)7-3)23-15-11-9-13-19(23)20-14-10-12-16-24(20)25/h5,7-16,18H,1,3,6H2,2,4H3/b22-8+. The van der Waals surface area contributed by atoms with Crippen LogP contribution in [0.5, 0.6) is 0 Å². The van der Waals surface area contributed by atoms with E-state index in [-0.39, 0.29) is 5.41 Å². The zero-order chi connectivity index (χ0) is 17.6. The molecule has 0 aromatic heterocycles. The average Bonchev–Trinajstić information content (AvgIpc) is 3.12. The number of fused-ring (bicyclic) bond motifs is 5. The van der Waals surface area contributed by atoms with Gasteiger partial charge in [-0.15, -0.1) is 0 Å². The third kappa shape index (κ3) is 1.77. The predicted octanol–water partition coefficient (Wildman–Crippen LogP) is 6.61. The van der Waals surface area contributed by atoms with Gasteiger partial charge in [-0.2, -0.15) is 0 Å². The van der Waals surface area contributed by atoms with E-state index in [0.29, 0.717) is 5.92 Å². The van der Waals surface area contributed by atoms with E-state index in [9.17, 15) is 0 Å². The molecule has 0 amide bonds. The van der Waals surface area contributed by atoms with Gasteiger partial charge in [-0.25, -0.2) is 0 Å². The van der Waals surface area contributed by atoms with Crippen LogP contribution in [0.25, 0.3) is 11.1 Å². The molecule has 0 heteroatoms. The highest BCUT2D eigenvalue weighted by Gasteiger charge is 2.53. The Hall–Kier alpha value is -2.60. The molecule has 2 aliphatic rings. The molecule has 124 valence electrons. The maximum absolute atomic E-state index is 4.21. The van der Waals surface area contributed by atoms with Crippen LogP contribution in [0.1, 0.15) is 31.4 Å². The normalized spacial score (nSPS) is 21.5. The van der Waals surface area contributed by atoms with Gasteiger partial charge in [0.05, 0.1) is 5.41 Å². The van der Waals surface area contributed by atoms with Crippen molar-refractivity contribution in [1.29, 1.82) is 0 Å². The summed E-state index contributed by atoms with van der Waals surface area (Å²) in [5, 5.41) is 0. The summed E-state index contributed by atoms with van der Waals surface area (Å²) in [7, 11) is 0. The van der Waals surface area contributed by atoms with Gasteiger partial charge in [-0.3, -0.25) is 0 Å². The SMILES string of the molecule is C=CC1=C(C=C)C2(/C(=C/C)C1CC)c1ccccc1-c1ccccc12. The summed E-state index contributed by atoms with van der Waals surface area (Å²) in [5.41, 5.74) is 9.35. The number of allylic oxidation sites excluding steroid dienone is 6. The van der Waals surface area contributed by atoms with Gasteiger partial charge in [0, 0.05) is 5.92 Å². The molecule has 4 rings (SSSR count). The zero-order valence-corrected chi connectivity index (χ0v) is 15.0. The average molecular weight is 324 g/mol. The van der Waals surface area contributed by atoms with Crippen molar-refractivity contribution in [3.63, 3.8) is 0 Å². The molecule has 0 saturated heterocycles. The van der Waals surface area contributed by atoms with E-state index >= 15 is 0 Å². The van der Waals surface area contributed by atoms with Crippen molar-refractivity contribution in [3.8, 4) is 11.1 Å². The minimum atomic E-state index is -0.214. The fraction of sp³-hybridized carbons (Fsp3) is 0.200. The highest BCUT2D eigenvalue weighted by atomic mass is 14.5. The monoisotopic (exact) mass is 324 g/mol. The van der Waals surface area contributed by atoms with Crippen LogP contribution in [0, 0.1) is 5.92 Å². The predicted molar refractivity (Wildman–Crippen MR) is 108 cm³/mol. The lowest BCUT2D eigenvalue weighted by molar-refractivity contribution is 0.646. The third-order valence-electron chi connectivity index (χ3n) is 5.99. The molecule has 1 spiro atoms. The van der Waals surface area contributed by atoms with E-state index in [1.54, 1.807) is 0 Å². The van der Waals surface area contributed by atoms with Crippen LogP contribution in [0.2, 0.25) is 0 Å². The minimum absolute atomic E-state index is 0.214. The summed E-state index contributed by atoms with van der Waals surface area (Å²) >= 11 is 0. The molecule has 0 radical (unpaired) electrons. The van der Waals surface area contributed by atoms with Crippen molar-refractivity contribution in [2.75, 3.05) is 0 Å². The Kier molecular flexibility index (Phi) is 3.65. The number of rotatable bonds is 3. The molecule has 1 unspecified atom stereocenters. The number of hydrogen-bond acceptors (Lipinski definition) is 0. The third-order valence-corrected chi connectivity index (χ3v) is 5.99. The van der Waals surface area contributed by atoms with Gasteiger partial charge >= 0.3 is 0 Å². The fourth-order valence-electron chi connectivity index (χ4n) is 5.21. The van der Waals surface area contributed by atoms with Crippen LogP contribution < -0.4 is 0 Å². The first kappa shape index (κ1) is 15.9. The summed E-state index contributed by atoms with van der Waals surface area (Å²) < 4.78 is 0. The van der Waals surface area contributed by atoms with Crippen molar-refractivity contribution in [1.82, 2.24) is 0 Å². The van der Waals surface area contributed by atoms with Gasteiger partial charge in [-0.1, -0.05) is 86.8 Å². The van der Waals surface area contributed by atoms with Gasteiger partial charge < -0.3 is 0 Å². The second-order valence-corrected chi connectivity index (χ2v) is 6.82. The molecule has 2 aliphatic carbocycles.